The van der Waals surface area contributed by atoms with Gasteiger partial charge in [0.2, 0.25) is 0 Å². The van der Waals surface area contributed by atoms with Crippen molar-refractivity contribution in [3.8, 4) is 5.69 Å². The van der Waals surface area contributed by atoms with Crippen LogP contribution >= 0.6 is 0 Å². The Morgan fingerprint density at radius 2 is 1.88 bits per heavy atom. The minimum Gasteiger partial charge on any atom is -0.233 e. The second-order valence-corrected chi connectivity index (χ2v) is 12.9. The first-order valence-electron chi connectivity index (χ1n) is 12.3. The number of allylic oxidation sites excluding steroid dienone is 1. The number of nitrogens with zero attached hydrogens (tertiary/aromatic N) is 2. The summed E-state index contributed by atoms with van der Waals surface area (Å²) in [6.07, 6.45) is 12.2. The summed E-state index contributed by atoms with van der Waals surface area (Å²) in [4.78, 5) is 0.559. The van der Waals surface area contributed by atoms with Gasteiger partial charge < -0.3 is 0 Å². The number of aromatic nitrogens is 2. The largest absolute Gasteiger partial charge is 0.233 e. The van der Waals surface area contributed by atoms with Gasteiger partial charge in [-0.1, -0.05) is 23.8 Å². The molecule has 7 rings (SSSR count). The van der Waals surface area contributed by atoms with Crippen LogP contribution in [0.5, 0.6) is 0 Å². The van der Waals surface area contributed by atoms with Gasteiger partial charge in [-0.05, 0) is 104 Å². The van der Waals surface area contributed by atoms with E-state index in [1.807, 2.05) is 29.1 Å². The first-order chi connectivity index (χ1) is 16.4. The molecule has 1 heterocycles. The molecule has 0 aliphatic heterocycles. The maximum Gasteiger partial charge on any atom is 0.181 e. The van der Waals surface area contributed by atoms with Gasteiger partial charge in [-0.3, -0.25) is 0 Å². The Balaban J connectivity index is 1.15. The molecule has 4 nitrogen and oxygen atoms in total. The van der Waals surface area contributed by atoms with E-state index in [9.17, 15) is 12.8 Å². The van der Waals surface area contributed by atoms with Crippen LogP contribution in [0, 0.1) is 16.6 Å². The molecule has 2 atom stereocenters. The number of fused-ring (bicyclic) bond motifs is 1. The summed E-state index contributed by atoms with van der Waals surface area (Å²) in [7, 11) is -3.19. The number of aryl methyl sites for hydroxylation is 1. The molecule has 3 fully saturated rings. The van der Waals surface area contributed by atoms with Crippen LogP contribution in [0.1, 0.15) is 55.3 Å². The Bertz CT molecular complexity index is 1450. The third kappa shape index (κ3) is 2.87. The predicted molar refractivity (Wildman–Crippen MR) is 129 cm³/mol. The van der Waals surface area contributed by atoms with Crippen molar-refractivity contribution in [2.75, 3.05) is 0 Å². The number of benzene rings is 2. The number of sulfone groups is 1. The highest BCUT2D eigenvalue weighted by Gasteiger charge is 2.71. The SMILES string of the molecule is O=S(=O)(c1ccccc1CC[C@]12CCC3=Cc4c(cnn4-c4ccc(F)cc4)CC31C2)C1CC1. The van der Waals surface area contributed by atoms with Crippen LogP contribution in [-0.4, -0.2) is 23.4 Å². The van der Waals surface area contributed by atoms with Gasteiger partial charge >= 0.3 is 0 Å². The van der Waals surface area contributed by atoms with Gasteiger partial charge in [0.15, 0.2) is 9.84 Å². The lowest BCUT2D eigenvalue weighted by Crippen LogP contribution is -2.18. The van der Waals surface area contributed by atoms with Gasteiger partial charge in [-0.15, -0.1) is 0 Å². The van der Waals surface area contributed by atoms with Crippen molar-refractivity contribution in [2.24, 2.45) is 10.8 Å². The van der Waals surface area contributed by atoms with E-state index in [1.165, 1.54) is 36.1 Å². The normalized spacial score (nSPS) is 27.0. The molecular weight excluding hydrogens is 447 g/mol. The Morgan fingerprint density at radius 1 is 1.09 bits per heavy atom. The monoisotopic (exact) mass is 474 g/mol. The van der Waals surface area contributed by atoms with Crippen LogP contribution in [0.15, 0.2) is 65.2 Å². The van der Waals surface area contributed by atoms with Crippen molar-refractivity contribution in [1.29, 1.82) is 0 Å². The number of hydrogen-bond donors (Lipinski definition) is 0. The quantitative estimate of drug-likeness (QED) is 0.461. The van der Waals surface area contributed by atoms with Gasteiger partial charge in [0.05, 0.1) is 27.7 Å². The van der Waals surface area contributed by atoms with Crippen molar-refractivity contribution in [3.05, 3.63) is 82.9 Å². The highest BCUT2D eigenvalue weighted by Crippen LogP contribution is 2.79. The molecule has 4 aliphatic rings. The zero-order valence-electron chi connectivity index (χ0n) is 19.0. The maximum atomic E-state index is 13.4. The van der Waals surface area contributed by atoms with Crippen LogP contribution in [0.2, 0.25) is 0 Å². The Labute approximate surface area is 199 Å². The molecule has 0 bridgehead atoms. The fourth-order valence-electron chi connectivity index (χ4n) is 6.83. The van der Waals surface area contributed by atoms with E-state index < -0.39 is 9.84 Å². The van der Waals surface area contributed by atoms with Crippen molar-refractivity contribution in [3.63, 3.8) is 0 Å². The molecule has 2 aromatic carbocycles. The summed E-state index contributed by atoms with van der Waals surface area (Å²) in [5.41, 5.74) is 6.24. The molecule has 6 heteroatoms. The summed E-state index contributed by atoms with van der Waals surface area (Å²) in [6, 6.07) is 14.1. The third-order valence-corrected chi connectivity index (χ3v) is 11.3. The zero-order valence-corrected chi connectivity index (χ0v) is 19.8. The standard InChI is InChI=1S/C28H27FN2O2S/c29-22-5-7-23(8-6-22)31-25-15-21-12-14-27(18-28(21,27)16-20(25)17-30-31)13-11-19-3-1-2-4-26(19)34(32,33)24-9-10-24/h1-8,15,17,24H,9-14,16,18H2/t27-,28?/m1/s1. The molecule has 1 aromatic heterocycles. The van der Waals surface area contributed by atoms with Gasteiger partial charge in [-0.2, -0.15) is 5.10 Å². The summed E-state index contributed by atoms with van der Waals surface area (Å²) >= 11 is 0. The minimum absolute atomic E-state index is 0.172. The van der Waals surface area contributed by atoms with Crippen molar-refractivity contribution >= 4 is 15.9 Å². The van der Waals surface area contributed by atoms with Gasteiger partial charge in [0, 0.05) is 5.41 Å². The van der Waals surface area contributed by atoms with E-state index in [1.54, 1.807) is 18.2 Å². The van der Waals surface area contributed by atoms with Crippen LogP contribution in [-0.2, 0) is 22.7 Å². The number of halogens is 1. The highest BCUT2D eigenvalue weighted by atomic mass is 32.2. The second kappa shape index (κ2) is 6.91. The lowest BCUT2D eigenvalue weighted by atomic mass is 9.80. The molecule has 174 valence electrons. The molecule has 0 radical (unpaired) electrons. The van der Waals surface area contributed by atoms with Crippen molar-refractivity contribution in [1.82, 2.24) is 9.78 Å². The molecular formula is C28H27FN2O2S. The molecule has 34 heavy (non-hydrogen) atoms. The van der Waals surface area contributed by atoms with Crippen molar-refractivity contribution < 1.29 is 12.8 Å². The number of rotatable bonds is 6. The molecule has 1 unspecified atom stereocenters. The molecule has 3 aromatic rings. The summed E-state index contributed by atoms with van der Waals surface area (Å²) in [5.74, 6) is -0.243. The van der Waals surface area contributed by atoms with Crippen LogP contribution in [0.4, 0.5) is 4.39 Å². The second-order valence-electron chi connectivity index (χ2n) is 10.7. The van der Waals surface area contributed by atoms with E-state index >= 15 is 0 Å². The Hall–Kier alpha value is -2.73. The summed E-state index contributed by atoms with van der Waals surface area (Å²) in [6.45, 7) is 0. The smallest absolute Gasteiger partial charge is 0.181 e. The molecule has 1 spiro atoms. The van der Waals surface area contributed by atoms with Gasteiger partial charge in [0.1, 0.15) is 5.82 Å². The fourth-order valence-corrected chi connectivity index (χ4v) is 8.75. The van der Waals surface area contributed by atoms with Crippen LogP contribution < -0.4 is 0 Å². The molecule has 0 amide bonds. The number of hydrogen-bond acceptors (Lipinski definition) is 3. The van der Waals surface area contributed by atoms with Gasteiger partial charge in [0.25, 0.3) is 0 Å². The fraction of sp³-hybridized carbons (Fsp3) is 0.393. The van der Waals surface area contributed by atoms with Gasteiger partial charge in [-0.25, -0.2) is 17.5 Å². The molecule has 0 N–H and O–H groups in total. The minimum atomic E-state index is -3.19. The first-order valence-corrected chi connectivity index (χ1v) is 13.8. The van der Waals surface area contributed by atoms with E-state index in [0.29, 0.717) is 4.90 Å². The average molecular weight is 475 g/mol. The lowest BCUT2D eigenvalue weighted by molar-refractivity contribution is 0.382. The molecule has 4 aliphatic carbocycles. The summed E-state index contributed by atoms with van der Waals surface area (Å²) < 4.78 is 41.3. The van der Waals surface area contributed by atoms with Crippen LogP contribution in [0.25, 0.3) is 11.8 Å². The van der Waals surface area contributed by atoms with Crippen LogP contribution in [0.3, 0.4) is 0 Å². The molecule has 3 saturated carbocycles. The van der Waals surface area contributed by atoms with Crippen molar-refractivity contribution in [2.45, 2.75) is 61.5 Å². The predicted octanol–water partition coefficient (Wildman–Crippen LogP) is 5.69. The van der Waals surface area contributed by atoms with E-state index in [2.05, 4.69) is 11.2 Å². The Kier molecular flexibility index (Phi) is 4.19. The lowest BCUT2D eigenvalue weighted by Gasteiger charge is -2.24. The zero-order chi connectivity index (χ0) is 23.1. The van der Waals surface area contributed by atoms with E-state index in [-0.39, 0.29) is 21.9 Å². The van der Waals surface area contributed by atoms with E-state index in [4.69, 9.17) is 0 Å². The summed E-state index contributed by atoms with van der Waals surface area (Å²) in [5, 5.41) is 4.46. The maximum absolute atomic E-state index is 13.4. The third-order valence-electron chi connectivity index (χ3n) is 8.89. The average Bonchev–Trinajstić information content (AvgIpc) is 3.73. The first kappa shape index (κ1) is 20.6. The molecule has 0 saturated heterocycles. The topological polar surface area (TPSA) is 52.0 Å². The highest BCUT2D eigenvalue weighted by molar-refractivity contribution is 7.92. The van der Waals surface area contributed by atoms with E-state index in [0.717, 1.165) is 55.5 Å². The Morgan fingerprint density at radius 3 is 2.68 bits per heavy atom.